The Morgan fingerprint density at radius 3 is 2.64 bits per heavy atom. The van der Waals surface area contributed by atoms with Crippen molar-refractivity contribution in [2.24, 2.45) is 5.73 Å². The highest BCUT2D eigenvalue weighted by molar-refractivity contribution is 9.10. The van der Waals surface area contributed by atoms with Crippen molar-refractivity contribution in [1.82, 2.24) is 0 Å². The fraction of sp³-hybridized carbons (Fsp3) is 0.400. The lowest BCUT2D eigenvalue weighted by Crippen LogP contribution is -2.39. The number of rotatable bonds is 3. The Kier molecular flexibility index (Phi) is 3.50. The van der Waals surface area contributed by atoms with E-state index in [0.717, 1.165) is 5.69 Å². The Balaban J connectivity index is 2.65. The third-order valence-electron chi connectivity index (χ3n) is 1.67. The Morgan fingerprint density at radius 2 is 2.14 bits per heavy atom. The van der Waals surface area contributed by atoms with Gasteiger partial charge in [0.15, 0.2) is 0 Å². The molecule has 3 N–H and O–H groups in total. The highest BCUT2D eigenvalue weighted by Gasteiger charge is 2.10. The predicted octanol–water partition coefficient (Wildman–Crippen LogP) is 2.74. The number of nitrogens with two attached hydrogens (primary N) is 1. The van der Waals surface area contributed by atoms with Crippen LogP contribution < -0.4 is 11.1 Å². The maximum Gasteiger partial charge on any atom is 0.139 e. The average molecular weight is 261 g/mol. The van der Waals surface area contributed by atoms with Gasteiger partial charge in [0.2, 0.25) is 0 Å². The molecule has 0 amide bonds. The molecule has 78 valence electrons. The first-order valence-electron chi connectivity index (χ1n) is 4.36. The Morgan fingerprint density at radius 1 is 1.50 bits per heavy atom. The molecule has 0 spiro atoms. The van der Waals surface area contributed by atoms with Crippen molar-refractivity contribution in [3.8, 4) is 0 Å². The molecule has 0 atom stereocenters. The first-order valence-corrected chi connectivity index (χ1v) is 5.15. The summed E-state index contributed by atoms with van der Waals surface area (Å²) in [5, 5.41) is 3.07. The smallest absolute Gasteiger partial charge is 0.139 e. The van der Waals surface area contributed by atoms with Crippen molar-refractivity contribution >= 4 is 21.6 Å². The van der Waals surface area contributed by atoms with Gasteiger partial charge in [-0.1, -0.05) is 0 Å². The van der Waals surface area contributed by atoms with Gasteiger partial charge in [-0.05, 0) is 48.0 Å². The molecule has 2 nitrogen and oxygen atoms in total. The second-order valence-corrected chi connectivity index (χ2v) is 4.83. The van der Waals surface area contributed by atoms with E-state index < -0.39 is 0 Å². The zero-order valence-electron chi connectivity index (χ0n) is 8.27. The molecule has 0 unspecified atom stereocenters. The number of nitrogens with one attached hydrogen (secondary N) is 1. The second kappa shape index (κ2) is 4.28. The molecule has 0 aliphatic heterocycles. The zero-order chi connectivity index (χ0) is 10.8. The van der Waals surface area contributed by atoms with Gasteiger partial charge in [-0.15, -0.1) is 0 Å². The summed E-state index contributed by atoms with van der Waals surface area (Å²) in [4.78, 5) is 0. The minimum Gasteiger partial charge on any atom is -0.383 e. The van der Waals surface area contributed by atoms with Crippen LogP contribution in [0.4, 0.5) is 10.1 Å². The summed E-state index contributed by atoms with van der Waals surface area (Å²) in [5.74, 6) is -0.273. The molecule has 4 heteroatoms. The molecular formula is C10H14BrFN2. The Labute approximate surface area is 91.8 Å². The molecule has 0 aliphatic carbocycles. The van der Waals surface area contributed by atoms with Crippen LogP contribution >= 0.6 is 15.9 Å². The summed E-state index contributed by atoms with van der Waals surface area (Å²) >= 11 is 3.09. The van der Waals surface area contributed by atoms with Crippen molar-refractivity contribution in [3.05, 3.63) is 28.5 Å². The van der Waals surface area contributed by atoms with Crippen molar-refractivity contribution in [3.63, 3.8) is 0 Å². The number of hydrogen-bond donors (Lipinski definition) is 2. The first-order chi connectivity index (χ1) is 6.38. The van der Waals surface area contributed by atoms with Crippen LogP contribution in [0.3, 0.4) is 0 Å². The van der Waals surface area contributed by atoms with Crippen LogP contribution in [-0.4, -0.2) is 12.1 Å². The minimum atomic E-state index is -0.302. The predicted molar refractivity (Wildman–Crippen MR) is 60.9 cm³/mol. The molecule has 14 heavy (non-hydrogen) atoms. The zero-order valence-corrected chi connectivity index (χ0v) is 9.86. The molecule has 0 heterocycles. The largest absolute Gasteiger partial charge is 0.383 e. The van der Waals surface area contributed by atoms with Gasteiger partial charge in [0.25, 0.3) is 0 Å². The summed E-state index contributed by atoms with van der Waals surface area (Å²) in [5.41, 5.74) is 6.22. The molecular weight excluding hydrogens is 247 g/mol. The first kappa shape index (κ1) is 11.5. The third kappa shape index (κ3) is 3.64. The monoisotopic (exact) mass is 260 g/mol. The van der Waals surface area contributed by atoms with E-state index in [0.29, 0.717) is 11.0 Å². The highest BCUT2D eigenvalue weighted by Crippen LogP contribution is 2.19. The SMILES string of the molecule is CC(C)(N)CNc1ccc(Br)c(F)c1. The fourth-order valence-electron chi connectivity index (χ4n) is 0.936. The summed E-state index contributed by atoms with van der Waals surface area (Å²) in [6.45, 7) is 4.43. The van der Waals surface area contributed by atoms with Gasteiger partial charge < -0.3 is 11.1 Å². The normalized spacial score (nSPS) is 11.5. The minimum absolute atomic E-state index is 0.273. The second-order valence-electron chi connectivity index (χ2n) is 3.97. The Hall–Kier alpha value is -0.610. The lowest BCUT2D eigenvalue weighted by molar-refractivity contribution is 0.549. The van der Waals surface area contributed by atoms with Gasteiger partial charge in [0.1, 0.15) is 5.82 Å². The van der Waals surface area contributed by atoms with Crippen LogP contribution in [0.15, 0.2) is 22.7 Å². The molecule has 1 aromatic carbocycles. The van der Waals surface area contributed by atoms with Gasteiger partial charge >= 0.3 is 0 Å². The number of benzene rings is 1. The lowest BCUT2D eigenvalue weighted by atomic mass is 10.1. The van der Waals surface area contributed by atoms with Crippen molar-refractivity contribution in [2.75, 3.05) is 11.9 Å². The van der Waals surface area contributed by atoms with E-state index in [1.165, 1.54) is 6.07 Å². The van der Waals surface area contributed by atoms with Gasteiger partial charge in [0.05, 0.1) is 4.47 Å². The van der Waals surface area contributed by atoms with Crippen molar-refractivity contribution < 1.29 is 4.39 Å². The number of halogens is 2. The quantitative estimate of drug-likeness (QED) is 0.877. The van der Waals surface area contributed by atoms with Crippen molar-refractivity contribution in [1.29, 1.82) is 0 Å². The molecule has 0 bridgehead atoms. The molecule has 0 aliphatic rings. The van der Waals surface area contributed by atoms with Gasteiger partial charge in [-0.2, -0.15) is 0 Å². The highest BCUT2D eigenvalue weighted by atomic mass is 79.9. The molecule has 1 aromatic rings. The summed E-state index contributed by atoms with van der Waals surface area (Å²) < 4.78 is 13.5. The van der Waals surface area contributed by atoms with Gasteiger partial charge in [-0.3, -0.25) is 0 Å². The van der Waals surface area contributed by atoms with E-state index in [-0.39, 0.29) is 11.4 Å². The topological polar surface area (TPSA) is 38.0 Å². The third-order valence-corrected chi connectivity index (χ3v) is 2.31. The van der Waals surface area contributed by atoms with Crippen LogP contribution in [0.25, 0.3) is 0 Å². The molecule has 0 aromatic heterocycles. The maximum absolute atomic E-state index is 13.1. The average Bonchev–Trinajstić information content (AvgIpc) is 2.06. The van der Waals surface area contributed by atoms with E-state index in [1.54, 1.807) is 12.1 Å². The number of hydrogen-bond acceptors (Lipinski definition) is 2. The lowest BCUT2D eigenvalue weighted by Gasteiger charge is -2.19. The van der Waals surface area contributed by atoms with E-state index in [4.69, 9.17) is 5.73 Å². The standard InChI is InChI=1S/C10H14BrFN2/c1-10(2,13)6-14-7-3-4-8(11)9(12)5-7/h3-5,14H,6,13H2,1-2H3. The van der Waals surface area contributed by atoms with Crippen LogP contribution in [0.5, 0.6) is 0 Å². The van der Waals surface area contributed by atoms with E-state index >= 15 is 0 Å². The van der Waals surface area contributed by atoms with Gasteiger partial charge in [0, 0.05) is 17.8 Å². The van der Waals surface area contributed by atoms with Crippen LogP contribution in [-0.2, 0) is 0 Å². The van der Waals surface area contributed by atoms with Crippen LogP contribution in [0.2, 0.25) is 0 Å². The summed E-state index contributed by atoms with van der Waals surface area (Å²) in [6, 6.07) is 4.91. The van der Waals surface area contributed by atoms with E-state index in [9.17, 15) is 4.39 Å². The number of anilines is 1. The summed E-state index contributed by atoms with van der Waals surface area (Å²) in [6.07, 6.45) is 0. The fourth-order valence-corrected chi connectivity index (χ4v) is 1.18. The van der Waals surface area contributed by atoms with Crippen LogP contribution in [0, 0.1) is 5.82 Å². The molecule has 0 saturated carbocycles. The van der Waals surface area contributed by atoms with Crippen molar-refractivity contribution in [2.45, 2.75) is 19.4 Å². The summed E-state index contributed by atoms with van der Waals surface area (Å²) in [7, 11) is 0. The molecule has 0 fully saturated rings. The molecule has 0 radical (unpaired) electrons. The van der Waals surface area contributed by atoms with E-state index in [2.05, 4.69) is 21.2 Å². The van der Waals surface area contributed by atoms with Gasteiger partial charge in [-0.25, -0.2) is 4.39 Å². The maximum atomic E-state index is 13.1. The molecule has 1 rings (SSSR count). The van der Waals surface area contributed by atoms with Crippen LogP contribution in [0.1, 0.15) is 13.8 Å². The van der Waals surface area contributed by atoms with E-state index in [1.807, 2.05) is 13.8 Å². The molecule has 0 saturated heterocycles. The Bertz CT molecular complexity index is 320.